The average molecular weight is 346 g/mol. The van der Waals surface area contributed by atoms with E-state index in [4.69, 9.17) is 0 Å². The van der Waals surface area contributed by atoms with E-state index in [1.807, 2.05) is 35.3 Å². The number of aromatic nitrogens is 1. The molecule has 0 spiro atoms. The number of aromatic amines is 1. The van der Waals surface area contributed by atoms with Gasteiger partial charge in [-0.3, -0.25) is 9.59 Å². The van der Waals surface area contributed by atoms with Crippen LogP contribution >= 0.6 is 0 Å². The van der Waals surface area contributed by atoms with E-state index in [1.165, 1.54) is 0 Å². The number of anilines is 1. The van der Waals surface area contributed by atoms with Gasteiger partial charge in [0.05, 0.1) is 12.0 Å². The molecule has 1 heterocycles. The van der Waals surface area contributed by atoms with Gasteiger partial charge in [-0.2, -0.15) is 13.2 Å². The molecule has 1 amide bonds. The van der Waals surface area contributed by atoms with Crippen LogP contribution in [-0.4, -0.2) is 10.9 Å². The van der Waals surface area contributed by atoms with Crippen molar-refractivity contribution < 1.29 is 18.0 Å². The first-order valence-electron chi connectivity index (χ1n) is 7.41. The van der Waals surface area contributed by atoms with Crippen LogP contribution < -0.4 is 10.9 Å². The number of halogens is 3. The number of rotatable bonds is 3. The standard InChI is InChI=1S/C18H13F3N2O2/c19-18(20,21)13-9-15(17(25)22-10-13)23-16(24)8-12-6-3-5-11-4-1-2-7-14(11)12/h1-7,9-10H,8H2,(H,22,25)(H,23,24). The number of amides is 1. The first-order chi connectivity index (χ1) is 11.8. The van der Waals surface area contributed by atoms with Crippen LogP contribution in [0.5, 0.6) is 0 Å². The zero-order valence-corrected chi connectivity index (χ0v) is 12.9. The van der Waals surface area contributed by atoms with Gasteiger partial charge in [0.2, 0.25) is 5.91 Å². The van der Waals surface area contributed by atoms with Crippen molar-refractivity contribution >= 4 is 22.4 Å². The molecular weight excluding hydrogens is 333 g/mol. The molecule has 0 bridgehead atoms. The Labute approximate surface area is 140 Å². The Bertz CT molecular complexity index is 988. The maximum absolute atomic E-state index is 12.7. The van der Waals surface area contributed by atoms with Crippen LogP contribution in [0.3, 0.4) is 0 Å². The number of fused-ring (bicyclic) bond motifs is 1. The number of benzene rings is 2. The summed E-state index contributed by atoms with van der Waals surface area (Å²) < 4.78 is 38.2. The average Bonchev–Trinajstić information content (AvgIpc) is 2.56. The first kappa shape index (κ1) is 16.8. The number of nitrogens with one attached hydrogen (secondary N) is 2. The zero-order chi connectivity index (χ0) is 18.0. The Morgan fingerprint density at radius 3 is 2.56 bits per heavy atom. The van der Waals surface area contributed by atoms with E-state index in [1.54, 1.807) is 12.1 Å². The summed E-state index contributed by atoms with van der Waals surface area (Å²) in [6.45, 7) is 0. The minimum atomic E-state index is -4.61. The highest BCUT2D eigenvalue weighted by Gasteiger charge is 2.31. The fourth-order valence-corrected chi connectivity index (χ4v) is 2.55. The molecule has 128 valence electrons. The second-order valence-corrected chi connectivity index (χ2v) is 5.49. The highest BCUT2D eigenvalue weighted by molar-refractivity contribution is 5.96. The molecule has 0 saturated heterocycles. The maximum atomic E-state index is 12.7. The van der Waals surface area contributed by atoms with Gasteiger partial charge >= 0.3 is 6.18 Å². The van der Waals surface area contributed by atoms with Crippen LogP contribution in [0.2, 0.25) is 0 Å². The normalized spacial score (nSPS) is 11.5. The van der Waals surface area contributed by atoms with E-state index < -0.39 is 28.9 Å². The fourth-order valence-electron chi connectivity index (χ4n) is 2.55. The summed E-state index contributed by atoms with van der Waals surface area (Å²) in [5.41, 5.74) is -1.54. The molecule has 0 unspecified atom stereocenters. The molecule has 0 aliphatic heterocycles. The molecule has 0 aliphatic rings. The van der Waals surface area contributed by atoms with Crippen molar-refractivity contribution in [2.24, 2.45) is 0 Å². The third-order valence-corrected chi connectivity index (χ3v) is 3.74. The minimum Gasteiger partial charge on any atom is -0.327 e. The molecule has 0 radical (unpaired) electrons. The Morgan fingerprint density at radius 2 is 1.80 bits per heavy atom. The van der Waals surface area contributed by atoms with Crippen molar-refractivity contribution in [2.75, 3.05) is 5.32 Å². The molecule has 3 rings (SSSR count). The van der Waals surface area contributed by atoms with Crippen LogP contribution in [0.4, 0.5) is 18.9 Å². The van der Waals surface area contributed by atoms with E-state index in [0.29, 0.717) is 12.3 Å². The highest BCUT2D eigenvalue weighted by atomic mass is 19.4. The smallest absolute Gasteiger partial charge is 0.327 e. The van der Waals surface area contributed by atoms with Crippen molar-refractivity contribution in [3.8, 4) is 0 Å². The lowest BCUT2D eigenvalue weighted by atomic mass is 10.0. The van der Waals surface area contributed by atoms with Gasteiger partial charge in [-0.05, 0) is 22.4 Å². The molecule has 2 N–H and O–H groups in total. The van der Waals surface area contributed by atoms with Crippen LogP contribution in [-0.2, 0) is 17.4 Å². The predicted molar refractivity (Wildman–Crippen MR) is 88.3 cm³/mol. The van der Waals surface area contributed by atoms with Crippen molar-refractivity contribution in [3.63, 3.8) is 0 Å². The molecule has 7 heteroatoms. The number of pyridine rings is 1. The quantitative estimate of drug-likeness (QED) is 0.759. The molecule has 0 fully saturated rings. The lowest BCUT2D eigenvalue weighted by Crippen LogP contribution is -2.22. The fraction of sp³-hybridized carbons (Fsp3) is 0.111. The molecule has 1 aromatic heterocycles. The van der Waals surface area contributed by atoms with Gasteiger partial charge in [-0.25, -0.2) is 0 Å². The summed E-state index contributed by atoms with van der Waals surface area (Å²) in [5, 5.41) is 4.08. The van der Waals surface area contributed by atoms with Gasteiger partial charge in [-0.1, -0.05) is 42.5 Å². The largest absolute Gasteiger partial charge is 0.417 e. The van der Waals surface area contributed by atoms with Crippen LogP contribution in [0.25, 0.3) is 10.8 Å². The van der Waals surface area contributed by atoms with Gasteiger partial charge in [0.15, 0.2) is 0 Å². The molecule has 0 saturated carbocycles. The van der Waals surface area contributed by atoms with Gasteiger partial charge in [0.1, 0.15) is 5.69 Å². The molecule has 2 aromatic carbocycles. The first-order valence-corrected chi connectivity index (χ1v) is 7.41. The van der Waals surface area contributed by atoms with Gasteiger partial charge in [-0.15, -0.1) is 0 Å². The van der Waals surface area contributed by atoms with Crippen molar-refractivity contribution in [3.05, 3.63) is 76.2 Å². The summed E-state index contributed by atoms with van der Waals surface area (Å²) in [7, 11) is 0. The van der Waals surface area contributed by atoms with Crippen molar-refractivity contribution in [2.45, 2.75) is 12.6 Å². The van der Waals surface area contributed by atoms with E-state index >= 15 is 0 Å². The second kappa shape index (κ2) is 6.43. The maximum Gasteiger partial charge on any atom is 0.417 e. The number of hydrogen-bond donors (Lipinski definition) is 2. The number of alkyl halides is 3. The second-order valence-electron chi connectivity index (χ2n) is 5.49. The van der Waals surface area contributed by atoms with Crippen molar-refractivity contribution in [1.29, 1.82) is 0 Å². The van der Waals surface area contributed by atoms with Crippen LogP contribution in [0.15, 0.2) is 59.5 Å². The SMILES string of the molecule is O=C(Cc1cccc2ccccc12)Nc1cc(C(F)(F)F)c[nH]c1=O. The molecule has 3 aromatic rings. The van der Waals surface area contributed by atoms with E-state index in [2.05, 4.69) is 5.32 Å². The topological polar surface area (TPSA) is 62.0 Å². The monoisotopic (exact) mass is 346 g/mol. The minimum absolute atomic E-state index is 0.0585. The number of carbonyl (C=O) groups excluding carboxylic acids is 1. The molecule has 25 heavy (non-hydrogen) atoms. The van der Waals surface area contributed by atoms with E-state index in [9.17, 15) is 22.8 Å². The van der Waals surface area contributed by atoms with Crippen LogP contribution in [0.1, 0.15) is 11.1 Å². The molecule has 0 aliphatic carbocycles. The Balaban J connectivity index is 1.84. The Hall–Kier alpha value is -3.09. The van der Waals surface area contributed by atoms with Crippen LogP contribution in [0, 0.1) is 0 Å². The highest BCUT2D eigenvalue weighted by Crippen LogP contribution is 2.29. The number of carbonyl (C=O) groups is 1. The number of H-pyrrole nitrogens is 1. The van der Waals surface area contributed by atoms with Gasteiger partial charge in [0.25, 0.3) is 5.56 Å². The number of hydrogen-bond acceptors (Lipinski definition) is 2. The third kappa shape index (κ3) is 3.71. The molecule has 4 nitrogen and oxygen atoms in total. The van der Waals surface area contributed by atoms with E-state index in [-0.39, 0.29) is 6.42 Å². The van der Waals surface area contributed by atoms with Crippen molar-refractivity contribution in [1.82, 2.24) is 4.98 Å². The van der Waals surface area contributed by atoms with Gasteiger partial charge < -0.3 is 10.3 Å². The predicted octanol–water partition coefficient (Wildman–Crippen LogP) is 3.73. The van der Waals surface area contributed by atoms with Gasteiger partial charge in [0, 0.05) is 6.20 Å². The third-order valence-electron chi connectivity index (χ3n) is 3.74. The summed E-state index contributed by atoms with van der Waals surface area (Å²) in [4.78, 5) is 25.8. The van der Waals surface area contributed by atoms with E-state index in [0.717, 1.165) is 16.3 Å². The molecule has 0 atom stereocenters. The lowest BCUT2D eigenvalue weighted by Gasteiger charge is -2.10. The summed E-state index contributed by atoms with van der Waals surface area (Å²) in [5.74, 6) is -0.568. The summed E-state index contributed by atoms with van der Waals surface area (Å²) >= 11 is 0. The summed E-state index contributed by atoms with van der Waals surface area (Å²) in [6, 6.07) is 13.5. The molecular formula is C18H13F3N2O2. The Morgan fingerprint density at radius 1 is 1.08 bits per heavy atom. The lowest BCUT2D eigenvalue weighted by molar-refractivity contribution is -0.137. The zero-order valence-electron chi connectivity index (χ0n) is 12.9. The summed E-state index contributed by atoms with van der Waals surface area (Å²) in [6.07, 6.45) is -4.10. The Kier molecular flexibility index (Phi) is 4.31.